The number of carboxylic acid groups (broad SMARTS) is 1. The van der Waals surface area contributed by atoms with Crippen LogP contribution in [0.15, 0.2) is 65.8 Å². The number of carboxylic acids is 1. The topological polar surface area (TPSA) is 49.8 Å². The summed E-state index contributed by atoms with van der Waals surface area (Å²) in [5, 5.41) is 8.81. The van der Waals surface area contributed by atoms with Gasteiger partial charge in [-0.2, -0.15) is 0 Å². The molecule has 144 valence electrons. The number of hydrogen-bond acceptors (Lipinski definition) is 3. The lowest BCUT2D eigenvalue weighted by molar-refractivity contribution is -0.137. The minimum Gasteiger partial charge on any atom is -0.481 e. The maximum absolute atomic E-state index is 10.7. The third-order valence-electron chi connectivity index (χ3n) is 5.14. The van der Waals surface area contributed by atoms with Crippen LogP contribution in [0.1, 0.15) is 31.2 Å². The van der Waals surface area contributed by atoms with Crippen LogP contribution in [0, 0.1) is 0 Å². The molecule has 27 heavy (non-hydrogen) atoms. The second-order valence-electron chi connectivity index (χ2n) is 7.16. The number of aliphatic carboxylic acids is 1. The third kappa shape index (κ3) is 6.19. The molecule has 0 saturated carbocycles. The normalized spacial score (nSPS) is 19.8. The second-order valence-corrected chi connectivity index (χ2v) is 7.16. The summed E-state index contributed by atoms with van der Waals surface area (Å²) in [5.41, 5.74) is 4.00. The van der Waals surface area contributed by atoms with Crippen LogP contribution in [0.25, 0.3) is 0 Å². The number of nitrogens with zero attached hydrogens (tertiary/aromatic N) is 1. The number of allylic oxidation sites excluding steroid dienone is 2. The smallest absolute Gasteiger partial charge is 0.303 e. The zero-order valence-corrected chi connectivity index (χ0v) is 15.8. The molecule has 0 aromatic heterocycles. The van der Waals surface area contributed by atoms with E-state index in [1.165, 1.54) is 16.7 Å². The quantitative estimate of drug-likeness (QED) is 0.670. The van der Waals surface area contributed by atoms with Crippen LogP contribution in [0.2, 0.25) is 0 Å². The summed E-state index contributed by atoms with van der Waals surface area (Å²) in [6.07, 6.45) is 12.7. The van der Waals surface area contributed by atoms with E-state index >= 15 is 0 Å². The molecule has 1 aliphatic heterocycles. The van der Waals surface area contributed by atoms with Gasteiger partial charge in [0.1, 0.15) is 6.10 Å². The number of aryl methyl sites for hydroxylation is 1. The predicted molar refractivity (Wildman–Crippen MR) is 108 cm³/mol. The lowest BCUT2D eigenvalue weighted by Gasteiger charge is -2.22. The zero-order chi connectivity index (χ0) is 18.9. The Kier molecular flexibility index (Phi) is 7.43. The third-order valence-corrected chi connectivity index (χ3v) is 5.14. The van der Waals surface area contributed by atoms with Crippen LogP contribution < -0.4 is 0 Å². The molecule has 3 rings (SSSR count). The molecule has 0 saturated heterocycles. The highest BCUT2D eigenvalue weighted by Crippen LogP contribution is 2.28. The molecule has 0 radical (unpaired) electrons. The maximum atomic E-state index is 10.7. The molecule has 4 nitrogen and oxygen atoms in total. The van der Waals surface area contributed by atoms with Gasteiger partial charge < -0.3 is 9.84 Å². The van der Waals surface area contributed by atoms with E-state index < -0.39 is 5.97 Å². The molecular weight excluding hydrogens is 338 g/mol. The van der Waals surface area contributed by atoms with Crippen molar-refractivity contribution in [2.24, 2.45) is 0 Å². The van der Waals surface area contributed by atoms with E-state index in [2.05, 4.69) is 53.5 Å². The SMILES string of the molecule is O=C(O)CCCN1CC=C2C(=CC=CC2OCCCc2ccccc2)CC1. The van der Waals surface area contributed by atoms with Gasteiger partial charge in [-0.25, -0.2) is 0 Å². The average molecular weight is 367 g/mol. The summed E-state index contributed by atoms with van der Waals surface area (Å²) in [7, 11) is 0. The van der Waals surface area contributed by atoms with Crippen LogP contribution >= 0.6 is 0 Å². The Balaban J connectivity index is 1.48. The van der Waals surface area contributed by atoms with E-state index in [-0.39, 0.29) is 12.5 Å². The molecule has 1 aromatic carbocycles. The van der Waals surface area contributed by atoms with Crippen molar-refractivity contribution in [3.05, 3.63) is 71.3 Å². The molecule has 1 aliphatic carbocycles. The Morgan fingerprint density at radius 3 is 2.89 bits per heavy atom. The summed E-state index contributed by atoms with van der Waals surface area (Å²) in [5.74, 6) is -0.715. The fourth-order valence-electron chi connectivity index (χ4n) is 3.66. The van der Waals surface area contributed by atoms with Crippen molar-refractivity contribution in [2.75, 3.05) is 26.2 Å². The predicted octanol–water partition coefficient (Wildman–Crippen LogP) is 4.00. The highest BCUT2D eigenvalue weighted by Gasteiger charge is 2.22. The number of hydrogen-bond donors (Lipinski definition) is 1. The number of carbonyl (C=O) groups is 1. The molecule has 0 fully saturated rings. The van der Waals surface area contributed by atoms with Gasteiger partial charge in [0.25, 0.3) is 0 Å². The second kappa shape index (κ2) is 10.2. The summed E-state index contributed by atoms with van der Waals surface area (Å²) < 4.78 is 6.19. The zero-order valence-electron chi connectivity index (χ0n) is 15.8. The van der Waals surface area contributed by atoms with Gasteiger partial charge in [0, 0.05) is 26.1 Å². The van der Waals surface area contributed by atoms with Crippen molar-refractivity contribution >= 4 is 5.97 Å². The molecule has 0 amide bonds. The van der Waals surface area contributed by atoms with Gasteiger partial charge in [-0.05, 0) is 48.9 Å². The van der Waals surface area contributed by atoms with E-state index in [1.807, 2.05) is 6.07 Å². The largest absolute Gasteiger partial charge is 0.481 e. The van der Waals surface area contributed by atoms with Crippen molar-refractivity contribution in [2.45, 2.75) is 38.2 Å². The first kappa shape index (κ1) is 19.6. The minimum absolute atomic E-state index is 0.0414. The monoisotopic (exact) mass is 367 g/mol. The van der Waals surface area contributed by atoms with Crippen LogP contribution in [-0.4, -0.2) is 48.3 Å². The molecule has 4 heteroatoms. The Morgan fingerprint density at radius 2 is 2.07 bits per heavy atom. The fraction of sp³-hybridized carbons (Fsp3) is 0.435. The highest BCUT2D eigenvalue weighted by molar-refractivity contribution is 5.66. The molecule has 2 aliphatic rings. The van der Waals surface area contributed by atoms with E-state index in [1.54, 1.807) is 0 Å². The van der Waals surface area contributed by atoms with E-state index in [9.17, 15) is 4.79 Å². The Labute approximate surface area is 161 Å². The van der Waals surface area contributed by atoms with Gasteiger partial charge >= 0.3 is 5.97 Å². The van der Waals surface area contributed by atoms with E-state index in [4.69, 9.17) is 9.84 Å². The molecule has 1 N–H and O–H groups in total. The van der Waals surface area contributed by atoms with Gasteiger partial charge in [-0.3, -0.25) is 9.69 Å². The Hall–Kier alpha value is -2.17. The molecule has 0 bridgehead atoms. The first-order valence-corrected chi connectivity index (χ1v) is 9.90. The number of rotatable bonds is 9. The van der Waals surface area contributed by atoms with Gasteiger partial charge in [-0.1, -0.05) is 54.6 Å². The summed E-state index contributed by atoms with van der Waals surface area (Å²) in [6, 6.07) is 10.5. The van der Waals surface area contributed by atoms with Gasteiger partial charge in [0.15, 0.2) is 0 Å². The van der Waals surface area contributed by atoms with Crippen LogP contribution in [0.4, 0.5) is 0 Å². The number of benzene rings is 1. The van der Waals surface area contributed by atoms with Crippen molar-refractivity contribution in [1.82, 2.24) is 4.90 Å². The summed E-state index contributed by atoms with van der Waals surface area (Å²) >= 11 is 0. The molecular formula is C23H29NO3. The standard InChI is InChI=1S/C23H29NO3/c25-23(26)12-5-15-24-16-13-20-10-4-11-22(21(20)14-17-24)27-18-6-9-19-7-2-1-3-8-19/h1-4,7-8,10-11,14,22H,5-6,9,12-13,15-18H2,(H,25,26). The minimum atomic E-state index is -0.715. The average Bonchev–Trinajstić information content (AvgIpc) is 2.89. The number of ether oxygens (including phenoxy) is 1. The maximum Gasteiger partial charge on any atom is 0.303 e. The van der Waals surface area contributed by atoms with E-state index in [0.29, 0.717) is 6.42 Å². The van der Waals surface area contributed by atoms with Crippen LogP contribution in [-0.2, 0) is 16.0 Å². The summed E-state index contributed by atoms with van der Waals surface area (Å²) in [4.78, 5) is 13.0. The highest BCUT2D eigenvalue weighted by atomic mass is 16.5. The molecule has 1 unspecified atom stereocenters. The van der Waals surface area contributed by atoms with E-state index in [0.717, 1.165) is 45.5 Å². The molecule has 0 spiro atoms. The Bertz CT molecular complexity index is 706. The fourth-order valence-corrected chi connectivity index (χ4v) is 3.66. The molecule has 1 heterocycles. The van der Waals surface area contributed by atoms with Gasteiger partial charge in [0.2, 0.25) is 0 Å². The first-order valence-electron chi connectivity index (χ1n) is 9.90. The van der Waals surface area contributed by atoms with Crippen molar-refractivity contribution in [3.63, 3.8) is 0 Å². The first-order chi connectivity index (χ1) is 13.2. The lowest BCUT2D eigenvalue weighted by Crippen LogP contribution is -2.25. The number of fused-ring (bicyclic) bond motifs is 1. The van der Waals surface area contributed by atoms with Crippen LogP contribution in [0.5, 0.6) is 0 Å². The van der Waals surface area contributed by atoms with Crippen molar-refractivity contribution in [1.29, 1.82) is 0 Å². The van der Waals surface area contributed by atoms with Gasteiger partial charge in [0.05, 0.1) is 0 Å². The Morgan fingerprint density at radius 1 is 1.22 bits per heavy atom. The lowest BCUT2D eigenvalue weighted by atomic mass is 9.93. The molecule has 1 aromatic rings. The summed E-state index contributed by atoms with van der Waals surface area (Å²) in [6.45, 7) is 3.42. The van der Waals surface area contributed by atoms with Crippen molar-refractivity contribution in [3.8, 4) is 0 Å². The van der Waals surface area contributed by atoms with Crippen molar-refractivity contribution < 1.29 is 14.6 Å². The van der Waals surface area contributed by atoms with Crippen LogP contribution in [0.3, 0.4) is 0 Å². The molecule has 1 atom stereocenters. The van der Waals surface area contributed by atoms with Gasteiger partial charge in [-0.15, -0.1) is 0 Å².